The summed E-state index contributed by atoms with van der Waals surface area (Å²) in [5.74, 6) is 5.11. The van der Waals surface area contributed by atoms with Crippen LogP contribution < -0.4 is 11.3 Å². The summed E-state index contributed by atoms with van der Waals surface area (Å²) < 4.78 is 5.61. The Hall–Kier alpha value is -1.18. The molecule has 0 radical (unpaired) electrons. The molecule has 7 nitrogen and oxygen atoms in total. The molecule has 1 atom stereocenters. The van der Waals surface area contributed by atoms with Gasteiger partial charge in [0.2, 0.25) is 11.8 Å². The largest absolute Gasteiger partial charge is 0.376 e. The van der Waals surface area contributed by atoms with Gasteiger partial charge in [-0.3, -0.25) is 19.9 Å². The van der Waals surface area contributed by atoms with Gasteiger partial charge in [0.05, 0.1) is 19.3 Å². The van der Waals surface area contributed by atoms with Crippen LogP contribution in [-0.2, 0) is 14.3 Å². The molecule has 0 bridgehead atoms. The molecule has 7 heteroatoms. The molecule has 0 aromatic rings. The van der Waals surface area contributed by atoms with Crippen molar-refractivity contribution in [1.29, 1.82) is 0 Å². The van der Waals surface area contributed by atoms with Crippen LogP contribution in [0.3, 0.4) is 0 Å². The molecule has 2 amide bonds. The SMILES string of the molecule is CCC1CN(CC(=O)N2CCC(C(=O)NN)CC2)CCO1. The second-order valence-corrected chi connectivity index (χ2v) is 5.80. The van der Waals surface area contributed by atoms with Crippen LogP contribution >= 0.6 is 0 Å². The van der Waals surface area contributed by atoms with Gasteiger partial charge in [0.1, 0.15) is 0 Å². The minimum Gasteiger partial charge on any atom is -0.376 e. The highest BCUT2D eigenvalue weighted by Gasteiger charge is 2.28. The number of rotatable bonds is 4. The zero-order valence-electron chi connectivity index (χ0n) is 12.7. The summed E-state index contributed by atoms with van der Waals surface area (Å²) in [7, 11) is 0. The lowest BCUT2D eigenvalue weighted by Crippen LogP contribution is -2.50. The van der Waals surface area contributed by atoms with Gasteiger partial charge in [-0.05, 0) is 19.3 Å². The summed E-state index contributed by atoms with van der Waals surface area (Å²) in [5, 5.41) is 0. The van der Waals surface area contributed by atoms with E-state index in [1.807, 2.05) is 4.90 Å². The molecular weight excluding hydrogens is 272 g/mol. The topological polar surface area (TPSA) is 87.9 Å². The third-order valence-electron chi connectivity index (χ3n) is 4.40. The molecule has 2 rings (SSSR count). The first kappa shape index (κ1) is 16.2. The van der Waals surface area contributed by atoms with Crippen LogP contribution in [0, 0.1) is 5.92 Å². The van der Waals surface area contributed by atoms with E-state index in [0.29, 0.717) is 39.1 Å². The van der Waals surface area contributed by atoms with Gasteiger partial charge in [-0.15, -0.1) is 0 Å². The summed E-state index contributed by atoms with van der Waals surface area (Å²) in [6, 6.07) is 0. The van der Waals surface area contributed by atoms with Crippen LogP contribution in [-0.4, -0.2) is 67.0 Å². The number of carbonyl (C=O) groups is 2. The summed E-state index contributed by atoms with van der Waals surface area (Å²) >= 11 is 0. The number of nitrogens with zero attached hydrogens (tertiary/aromatic N) is 2. The molecule has 2 aliphatic rings. The summed E-state index contributed by atoms with van der Waals surface area (Å²) in [5.41, 5.74) is 2.19. The molecule has 2 heterocycles. The molecule has 21 heavy (non-hydrogen) atoms. The molecule has 3 N–H and O–H groups in total. The van der Waals surface area contributed by atoms with E-state index >= 15 is 0 Å². The number of likely N-dealkylation sites (tertiary alicyclic amines) is 1. The average Bonchev–Trinajstić information content (AvgIpc) is 2.54. The van der Waals surface area contributed by atoms with E-state index in [-0.39, 0.29) is 23.8 Å². The molecule has 2 aliphatic heterocycles. The van der Waals surface area contributed by atoms with E-state index in [2.05, 4.69) is 17.2 Å². The van der Waals surface area contributed by atoms with Crippen molar-refractivity contribution in [2.75, 3.05) is 39.3 Å². The molecule has 120 valence electrons. The van der Waals surface area contributed by atoms with Crippen molar-refractivity contribution >= 4 is 11.8 Å². The van der Waals surface area contributed by atoms with Gasteiger partial charge in [-0.2, -0.15) is 0 Å². The average molecular weight is 298 g/mol. The Labute approximate surface area is 125 Å². The zero-order chi connectivity index (χ0) is 15.2. The first-order valence-electron chi connectivity index (χ1n) is 7.76. The molecule has 0 aliphatic carbocycles. The second-order valence-electron chi connectivity index (χ2n) is 5.80. The molecular formula is C14H26N4O3. The van der Waals surface area contributed by atoms with E-state index < -0.39 is 0 Å². The first-order chi connectivity index (χ1) is 10.1. The number of piperidine rings is 1. The summed E-state index contributed by atoms with van der Waals surface area (Å²) in [4.78, 5) is 27.8. The maximum absolute atomic E-state index is 12.3. The number of ether oxygens (including phenoxy) is 1. The fourth-order valence-electron chi connectivity index (χ4n) is 2.97. The van der Waals surface area contributed by atoms with E-state index in [4.69, 9.17) is 10.6 Å². The van der Waals surface area contributed by atoms with Crippen molar-refractivity contribution < 1.29 is 14.3 Å². The van der Waals surface area contributed by atoms with E-state index in [9.17, 15) is 9.59 Å². The van der Waals surface area contributed by atoms with Crippen LogP contribution in [0.15, 0.2) is 0 Å². The predicted molar refractivity (Wildman–Crippen MR) is 78.1 cm³/mol. The first-order valence-corrected chi connectivity index (χ1v) is 7.76. The highest BCUT2D eigenvalue weighted by molar-refractivity contribution is 5.80. The molecule has 2 saturated heterocycles. The number of hydrazine groups is 1. The van der Waals surface area contributed by atoms with E-state index in [1.165, 1.54) is 0 Å². The normalized spacial score (nSPS) is 24.9. The van der Waals surface area contributed by atoms with Gasteiger partial charge in [-0.1, -0.05) is 6.92 Å². The Kier molecular flexibility index (Phi) is 5.96. The number of hydrogen-bond donors (Lipinski definition) is 2. The minimum atomic E-state index is -0.124. The summed E-state index contributed by atoms with van der Waals surface area (Å²) in [6.07, 6.45) is 2.60. The fraction of sp³-hybridized carbons (Fsp3) is 0.857. The number of nitrogens with one attached hydrogen (secondary N) is 1. The Bertz CT molecular complexity index is 369. The number of nitrogens with two attached hydrogens (primary N) is 1. The van der Waals surface area contributed by atoms with Crippen LogP contribution in [0.25, 0.3) is 0 Å². The second kappa shape index (κ2) is 7.72. The van der Waals surface area contributed by atoms with Crippen LogP contribution in [0.5, 0.6) is 0 Å². The number of hydrogen-bond acceptors (Lipinski definition) is 5. The Morgan fingerprint density at radius 3 is 2.62 bits per heavy atom. The van der Waals surface area contributed by atoms with Crippen molar-refractivity contribution in [3.63, 3.8) is 0 Å². The predicted octanol–water partition coefficient (Wildman–Crippen LogP) is -0.674. The van der Waals surface area contributed by atoms with Crippen LogP contribution in [0.2, 0.25) is 0 Å². The fourth-order valence-corrected chi connectivity index (χ4v) is 2.97. The molecule has 0 aromatic carbocycles. The third kappa shape index (κ3) is 4.39. The Morgan fingerprint density at radius 2 is 2.00 bits per heavy atom. The lowest BCUT2D eigenvalue weighted by molar-refractivity contribution is -0.138. The standard InChI is InChI=1S/C14H26N4O3/c1-2-12-9-17(7-8-21-12)10-13(19)18-5-3-11(4-6-18)14(20)16-15/h11-12H,2-10,15H2,1H3,(H,16,20). The van der Waals surface area contributed by atoms with Gasteiger partial charge >= 0.3 is 0 Å². The monoisotopic (exact) mass is 298 g/mol. The number of carbonyl (C=O) groups excluding carboxylic acids is 2. The van der Waals surface area contributed by atoms with E-state index in [1.54, 1.807) is 0 Å². The third-order valence-corrected chi connectivity index (χ3v) is 4.40. The van der Waals surface area contributed by atoms with Gasteiger partial charge in [0.15, 0.2) is 0 Å². The minimum absolute atomic E-state index is 0.0630. The van der Waals surface area contributed by atoms with Gasteiger partial charge in [0, 0.05) is 32.1 Å². The van der Waals surface area contributed by atoms with E-state index in [0.717, 1.165) is 19.5 Å². The smallest absolute Gasteiger partial charge is 0.237 e. The summed E-state index contributed by atoms with van der Waals surface area (Å²) in [6.45, 7) is 6.17. The van der Waals surface area contributed by atoms with Crippen molar-refractivity contribution in [2.45, 2.75) is 32.3 Å². The maximum atomic E-state index is 12.3. The van der Waals surface area contributed by atoms with Gasteiger partial charge in [0.25, 0.3) is 0 Å². The quantitative estimate of drug-likeness (QED) is 0.408. The number of amides is 2. The lowest BCUT2D eigenvalue weighted by Gasteiger charge is -2.35. The zero-order valence-corrected chi connectivity index (χ0v) is 12.7. The van der Waals surface area contributed by atoms with Crippen LogP contribution in [0.4, 0.5) is 0 Å². The van der Waals surface area contributed by atoms with Crippen molar-refractivity contribution in [3.05, 3.63) is 0 Å². The number of morpholine rings is 1. The molecule has 1 unspecified atom stereocenters. The molecule has 0 saturated carbocycles. The lowest BCUT2D eigenvalue weighted by atomic mass is 9.96. The van der Waals surface area contributed by atoms with Gasteiger partial charge in [-0.25, -0.2) is 5.84 Å². The molecule has 0 aromatic heterocycles. The molecule has 2 fully saturated rings. The highest BCUT2D eigenvalue weighted by atomic mass is 16.5. The van der Waals surface area contributed by atoms with Crippen LogP contribution in [0.1, 0.15) is 26.2 Å². The highest BCUT2D eigenvalue weighted by Crippen LogP contribution is 2.17. The van der Waals surface area contributed by atoms with Crippen molar-refractivity contribution in [3.8, 4) is 0 Å². The maximum Gasteiger partial charge on any atom is 0.237 e. The molecule has 0 spiro atoms. The van der Waals surface area contributed by atoms with Gasteiger partial charge < -0.3 is 9.64 Å². The van der Waals surface area contributed by atoms with Crippen molar-refractivity contribution in [2.24, 2.45) is 11.8 Å². The van der Waals surface area contributed by atoms with Crippen molar-refractivity contribution in [1.82, 2.24) is 15.2 Å². The Balaban J connectivity index is 1.75. The Morgan fingerprint density at radius 1 is 1.29 bits per heavy atom.